The molecular formula is C20H34N4O2. The Bertz CT molecular complexity index is 533. The number of guanidine groups is 1. The molecule has 0 aliphatic carbocycles. The fourth-order valence-electron chi connectivity index (χ4n) is 3.21. The normalized spacial score (nSPS) is 18.4. The summed E-state index contributed by atoms with van der Waals surface area (Å²) in [6.07, 6.45) is 5.19. The molecule has 0 radical (unpaired) electrons. The van der Waals surface area contributed by atoms with Crippen molar-refractivity contribution in [2.75, 3.05) is 46.9 Å². The first-order chi connectivity index (χ1) is 12.7. The Morgan fingerprint density at radius 1 is 1.15 bits per heavy atom. The summed E-state index contributed by atoms with van der Waals surface area (Å²) in [5, 5.41) is 6.66. The van der Waals surface area contributed by atoms with E-state index in [0.717, 1.165) is 43.0 Å². The number of methoxy groups -OCH3 is 1. The number of likely N-dealkylation sites (tertiary alicyclic amines) is 1. The van der Waals surface area contributed by atoms with E-state index < -0.39 is 0 Å². The third-order valence-electron chi connectivity index (χ3n) is 4.80. The molecule has 0 bridgehead atoms. The summed E-state index contributed by atoms with van der Waals surface area (Å²) in [7, 11) is 3.46. The lowest BCUT2D eigenvalue weighted by atomic mass is 10.0. The topological polar surface area (TPSA) is 58.1 Å². The van der Waals surface area contributed by atoms with Crippen LogP contribution in [-0.2, 0) is 0 Å². The van der Waals surface area contributed by atoms with Gasteiger partial charge in [0, 0.05) is 26.2 Å². The number of piperidine rings is 1. The predicted molar refractivity (Wildman–Crippen MR) is 107 cm³/mol. The molecule has 1 saturated heterocycles. The van der Waals surface area contributed by atoms with Crippen LogP contribution in [0.1, 0.15) is 32.6 Å². The van der Waals surface area contributed by atoms with Gasteiger partial charge in [-0.2, -0.15) is 0 Å². The standard InChI is InChI=1S/C20H34N4O2/c1-17-7-4-5-14-24(17)15-6-12-22-20(21-2)23-13-16-26-19-10-8-18(25-3)9-11-19/h8-11,17H,4-7,12-16H2,1-3H3,(H2,21,22,23). The van der Waals surface area contributed by atoms with Crippen LogP contribution in [0.4, 0.5) is 0 Å². The van der Waals surface area contributed by atoms with E-state index in [1.165, 1.54) is 25.8 Å². The molecule has 26 heavy (non-hydrogen) atoms. The second kappa shape index (κ2) is 11.6. The minimum absolute atomic E-state index is 0.582. The Morgan fingerprint density at radius 2 is 1.88 bits per heavy atom. The van der Waals surface area contributed by atoms with E-state index in [1.807, 2.05) is 24.3 Å². The number of benzene rings is 1. The SMILES string of the molecule is CN=C(NCCCN1CCCCC1C)NCCOc1ccc(OC)cc1. The van der Waals surface area contributed by atoms with Gasteiger partial charge in [0.25, 0.3) is 0 Å². The molecule has 146 valence electrons. The number of hydrogen-bond donors (Lipinski definition) is 2. The highest BCUT2D eigenvalue weighted by atomic mass is 16.5. The highest BCUT2D eigenvalue weighted by Crippen LogP contribution is 2.17. The number of aliphatic imine (C=N–C) groups is 1. The van der Waals surface area contributed by atoms with Crippen LogP contribution in [0, 0.1) is 0 Å². The summed E-state index contributed by atoms with van der Waals surface area (Å²) in [6, 6.07) is 8.34. The number of rotatable bonds is 9. The Kier molecular flexibility index (Phi) is 9.10. The van der Waals surface area contributed by atoms with Crippen molar-refractivity contribution in [1.82, 2.24) is 15.5 Å². The van der Waals surface area contributed by atoms with Gasteiger partial charge >= 0.3 is 0 Å². The van der Waals surface area contributed by atoms with Crippen molar-refractivity contribution < 1.29 is 9.47 Å². The highest BCUT2D eigenvalue weighted by Gasteiger charge is 2.17. The first kappa shape index (κ1) is 20.4. The molecule has 1 heterocycles. The van der Waals surface area contributed by atoms with E-state index in [4.69, 9.17) is 9.47 Å². The molecule has 1 aliphatic heterocycles. The van der Waals surface area contributed by atoms with E-state index in [9.17, 15) is 0 Å². The lowest BCUT2D eigenvalue weighted by Gasteiger charge is -2.33. The molecule has 0 spiro atoms. The molecule has 2 N–H and O–H groups in total. The Morgan fingerprint density at radius 3 is 2.58 bits per heavy atom. The lowest BCUT2D eigenvalue weighted by Crippen LogP contribution is -2.42. The molecule has 1 atom stereocenters. The van der Waals surface area contributed by atoms with Crippen molar-refractivity contribution in [3.05, 3.63) is 24.3 Å². The molecule has 1 unspecified atom stereocenters. The molecule has 0 amide bonds. The second-order valence-electron chi connectivity index (χ2n) is 6.68. The fourth-order valence-corrected chi connectivity index (χ4v) is 3.21. The summed E-state index contributed by atoms with van der Waals surface area (Å²) in [4.78, 5) is 6.86. The van der Waals surface area contributed by atoms with Crippen LogP contribution in [-0.4, -0.2) is 63.8 Å². The van der Waals surface area contributed by atoms with Crippen molar-refractivity contribution in [2.24, 2.45) is 4.99 Å². The number of nitrogens with zero attached hydrogens (tertiary/aromatic N) is 2. The second-order valence-corrected chi connectivity index (χ2v) is 6.68. The maximum atomic E-state index is 5.71. The summed E-state index contributed by atoms with van der Waals surface area (Å²) in [5.74, 6) is 2.50. The zero-order chi connectivity index (χ0) is 18.6. The number of nitrogens with one attached hydrogen (secondary N) is 2. The third kappa shape index (κ3) is 7.12. The van der Waals surface area contributed by atoms with Crippen LogP contribution in [0.25, 0.3) is 0 Å². The van der Waals surface area contributed by atoms with Gasteiger partial charge < -0.3 is 25.0 Å². The van der Waals surface area contributed by atoms with Gasteiger partial charge in [-0.3, -0.25) is 4.99 Å². The summed E-state index contributed by atoms with van der Waals surface area (Å²) in [6.45, 7) is 6.97. The van der Waals surface area contributed by atoms with Gasteiger partial charge in [-0.15, -0.1) is 0 Å². The van der Waals surface area contributed by atoms with Crippen molar-refractivity contribution in [2.45, 2.75) is 38.6 Å². The molecule has 0 saturated carbocycles. The Labute approximate surface area is 158 Å². The summed E-state index contributed by atoms with van der Waals surface area (Å²) >= 11 is 0. The Balaban J connectivity index is 1.55. The molecule has 0 aromatic heterocycles. The molecule has 6 heteroatoms. The van der Waals surface area contributed by atoms with Crippen LogP contribution in [0.2, 0.25) is 0 Å². The Hall–Kier alpha value is -1.95. The van der Waals surface area contributed by atoms with Crippen molar-refractivity contribution in [3.8, 4) is 11.5 Å². The van der Waals surface area contributed by atoms with Crippen molar-refractivity contribution in [1.29, 1.82) is 0 Å². The minimum Gasteiger partial charge on any atom is -0.497 e. The third-order valence-corrected chi connectivity index (χ3v) is 4.80. The van der Waals surface area contributed by atoms with E-state index in [2.05, 4.69) is 27.4 Å². The zero-order valence-electron chi connectivity index (χ0n) is 16.5. The molecule has 1 aliphatic rings. The van der Waals surface area contributed by atoms with Crippen LogP contribution >= 0.6 is 0 Å². The first-order valence-corrected chi connectivity index (χ1v) is 9.68. The van der Waals surface area contributed by atoms with Crippen LogP contribution < -0.4 is 20.1 Å². The van der Waals surface area contributed by atoms with Crippen LogP contribution in [0.3, 0.4) is 0 Å². The molecule has 6 nitrogen and oxygen atoms in total. The maximum absolute atomic E-state index is 5.71. The van der Waals surface area contributed by atoms with Gasteiger partial charge in [-0.25, -0.2) is 0 Å². The van der Waals surface area contributed by atoms with Gasteiger partial charge in [0.1, 0.15) is 18.1 Å². The van der Waals surface area contributed by atoms with Gasteiger partial charge in [-0.05, 0) is 57.0 Å². The first-order valence-electron chi connectivity index (χ1n) is 9.68. The predicted octanol–water partition coefficient (Wildman–Crippen LogP) is 2.50. The van der Waals surface area contributed by atoms with Gasteiger partial charge in [-0.1, -0.05) is 6.42 Å². The molecule has 1 aromatic rings. The zero-order valence-corrected chi connectivity index (χ0v) is 16.5. The van der Waals surface area contributed by atoms with Crippen molar-refractivity contribution >= 4 is 5.96 Å². The van der Waals surface area contributed by atoms with Crippen LogP contribution in [0.5, 0.6) is 11.5 Å². The van der Waals surface area contributed by atoms with E-state index >= 15 is 0 Å². The van der Waals surface area contributed by atoms with Crippen molar-refractivity contribution in [3.63, 3.8) is 0 Å². The monoisotopic (exact) mass is 362 g/mol. The fraction of sp³-hybridized carbons (Fsp3) is 0.650. The number of hydrogen-bond acceptors (Lipinski definition) is 4. The van der Waals surface area contributed by atoms with E-state index in [1.54, 1.807) is 14.2 Å². The number of ether oxygens (including phenoxy) is 2. The van der Waals surface area contributed by atoms with Crippen LogP contribution in [0.15, 0.2) is 29.3 Å². The van der Waals surface area contributed by atoms with E-state index in [0.29, 0.717) is 13.2 Å². The van der Waals surface area contributed by atoms with Gasteiger partial charge in [0.15, 0.2) is 5.96 Å². The summed E-state index contributed by atoms with van der Waals surface area (Å²) < 4.78 is 10.8. The van der Waals surface area contributed by atoms with Gasteiger partial charge in [0.2, 0.25) is 0 Å². The maximum Gasteiger partial charge on any atom is 0.191 e. The molecule has 1 aromatic carbocycles. The highest BCUT2D eigenvalue weighted by molar-refractivity contribution is 5.79. The lowest BCUT2D eigenvalue weighted by molar-refractivity contribution is 0.159. The molecule has 2 rings (SSSR count). The van der Waals surface area contributed by atoms with E-state index in [-0.39, 0.29) is 0 Å². The average molecular weight is 363 g/mol. The summed E-state index contributed by atoms with van der Waals surface area (Å²) in [5.41, 5.74) is 0. The largest absolute Gasteiger partial charge is 0.497 e. The minimum atomic E-state index is 0.582. The smallest absolute Gasteiger partial charge is 0.191 e. The molecular weight excluding hydrogens is 328 g/mol. The average Bonchev–Trinajstić information content (AvgIpc) is 2.68. The molecule has 1 fully saturated rings. The quantitative estimate of drug-likeness (QED) is 0.402. The van der Waals surface area contributed by atoms with Gasteiger partial charge in [0.05, 0.1) is 13.7 Å².